The number of hydrogen-bond acceptors (Lipinski definition) is 2. The minimum absolute atomic E-state index is 0.190. The third-order valence-electron chi connectivity index (χ3n) is 4.20. The van der Waals surface area contributed by atoms with Crippen LogP contribution in [0.3, 0.4) is 0 Å². The zero-order chi connectivity index (χ0) is 13.4. The maximum atomic E-state index is 11.7. The van der Waals surface area contributed by atoms with Crippen molar-refractivity contribution in [2.75, 3.05) is 0 Å². The predicted octanol–water partition coefficient (Wildman–Crippen LogP) is 3.12. The molecule has 0 heterocycles. The molecule has 0 spiro atoms. The van der Waals surface area contributed by atoms with Crippen LogP contribution < -0.4 is 11.1 Å². The van der Waals surface area contributed by atoms with Gasteiger partial charge in [-0.05, 0) is 26.2 Å². The van der Waals surface area contributed by atoms with Gasteiger partial charge in [0.25, 0.3) is 0 Å². The van der Waals surface area contributed by atoms with Crippen molar-refractivity contribution in [1.29, 1.82) is 0 Å². The van der Waals surface area contributed by atoms with Crippen LogP contribution in [0, 0.1) is 0 Å². The minimum Gasteiger partial charge on any atom is -0.368 e. The summed E-state index contributed by atoms with van der Waals surface area (Å²) in [6, 6.07) is 0.498. The molecular formula is C15H30N2O. The number of rotatable bonds is 9. The predicted molar refractivity (Wildman–Crippen MR) is 76.4 cm³/mol. The van der Waals surface area contributed by atoms with Crippen LogP contribution in [0.15, 0.2) is 0 Å². The monoisotopic (exact) mass is 254 g/mol. The third kappa shape index (κ3) is 4.97. The van der Waals surface area contributed by atoms with Gasteiger partial charge in [-0.25, -0.2) is 0 Å². The Morgan fingerprint density at radius 2 is 1.83 bits per heavy atom. The number of unbranched alkanes of at least 4 members (excludes halogenated alkanes) is 4. The lowest BCUT2D eigenvalue weighted by Crippen LogP contribution is -2.56. The second kappa shape index (κ2) is 7.78. The fourth-order valence-corrected chi connectivity index (χ4v) is 2.87. The molecule has 0 aromatic carbocycles. The SMILES string of the molecule is CCCCCCCC(C)(NC1CCCC1)C(N)=O. The summed E-state index contributed by atoms with van der Waals surface area (Å²) >= 11 is 0. The summed E-state index contributed by atoms with van der Waals surface area (Å²) in [5, 5.41) is 3.51. The first-order chi connectivity index (χ1) is 8.58. The molecule has 1 amide bonds. The van der Waals surface area contributed by atoms with E-state index in [9.17, 15) is 4.79 Å². The fraction of sp³-hybridized carbons (Fsp3) is 0.933. The largest absolute Gasteiger partial charge is 0.368 e. The highest BCUT2D eigenvalue weighted by molar-refractivity contribution is 5.84. The van der Waals surface area contributed by atoms with Crippen LogP contribution in [0.5, 0.6) is 0 Å². The van der Waals surface area contributed by atoms with Crippen LogP contribution in [0.25, 0.3) is 0 Å². The highest BCUT2D eigenvalue weighted by Crippen LogP contribution is 2.23. The maximum Gasteiger partial charge on any atom is 0.237 e. The standard InChI is InChI=1S/C15H30N2O/c1-3-4-5-6-9-12-15(2,14(16)18)17-13-10-7-8-11-13/h13,17H,3-12H2,1-2H3,(H2,16,18). The third-order valence-corrected chi connectivity index (χ3v) is 4.20. The smallest absolute Gasteiger partial charge is 0.237 e. The number of carbonyl (C=O) groups is 1. The van der Waals surface area contributed by atoms with Crippen molar-refractivity contribution in [1.82, 2.24) is 5.32 Å². The van der Waals surface area contributed by atoms with E-state index < -0.39 is 5.54 Å². The second-order valence-electron chi connectivity index (χ2n) is 5.99. The molecule has 18 heavy (non-hydrogen) atoms. The van der Waals surface area contributed by atoms with Gasteiger partial charge in [0, 0.05) is 6.04 Å². The Morgan fingerprint density at radius 1 is 1.22 bits per heavy atom. The van der Waals surface area contributed by atoms with Crippen LogP contribution in [-0.4, -0.2) is 17.5 Å². The van der Waals surface area contributed by atoms with Crippen molar-refractivity contribution in [3.63, 3.8) is 0 Å². The van der Waals surface area contributed by atoms with E-state index in [0.717, 1.165) is 12.8 Å². The highest BCUT2D eigenvalue weighted by Gasteiger charge is 2.33. The molecule has 1 aliphatic rings. The molecular weight excluding hydrogens is 224 g/mol. The molecule has 1 unspecified atom stereocenters. The van der Waals surface area contributed by atoms with Crippen LogP contribution in [0.1, 0.15) is 78.1 Å². The Kier molecular flexibility index (Phi) is 6.69. The van der Waals surface area contributed by atoms with Crippen LogP contribution in [0.2, 0.25) is 0 Å². The second-order valence-corrected chi connectivity index (χ2v) is 5.99. The van der Waals surface area contributed by atoms with E-state index in [4.69, 9.17) is 5.73 Å². The van der Waals surface area contributed by atoms with E-state index in [0.29, 0.717) is 6.04 Å². The molecule has 1 rings (SSSR count). The Bertz CT molecular complexity index is 249. The van der Waals surface area contributed by atoms with Crippen molar-refractivity contribution in [3.05, 3.63) is 0 Å². The molecule has 3 nitrogen and oxygen atoms in total. The summed E-state index contributed by atoms with van der Waals surface area (Å²) in [5.41, 5.74) is 5.09. The molecule has 1 aliphatic carbocycles. The number of amides is 1. The lowest BCUT2D eigenvalue weighted by Gasteiger charge is -2.31. The summed E-state index contributed by atoms with van der Waals surface area (Å²) in [6.07, 6.45) is 12.0. The van der Waals surface area contributed by atoms with Gasteiger partial charge in [-0.15, -0.1) is 0 Å². The number of carbonyl (C=O) groups excluding carboxylic acids is 1. The van der Waals surface area contributed by atoms with Crippen LogP contribution in [-0.2, 0) is 4.79 Å². The molecule has 1 fully saturated rings. The zero-order valence-corrected chi connectivity index (χ0v) is 12.1. The first kappa shape index (κ1) is 15.5. The molecule has 0 radical (unpaired) electrons. The van der Waals surface area contributed by atoms with Gasteiger partial charge in [-0.2, -0.15) is 0 Å². The van der Waals surface area contributed by atoms with Gasteiger partial charge in [0.2, 0.25) is 5.91 Å². The van der Waals surface area contributed by atoms with Crippen molar-refractivity contribution in [2.45, 2.75) is 89.6 Å². The summed E-state index contributed by atoms with van der Waals surface area (Å²) in [4.78, 5) is 11.7. The van der Waals surface area contributed by atoms with Gasteiger partial charge >= 0.3 is 0 Å². The molecule has 0 bridgehead atoms. The van der Waals surface area contributed by atoms with Gasteiger partial charge < -0.3 is 11.1 Å². The topological polar surface area (TPSA) is 55.1 Å². The van der Waals surface area contributed by atoms with Gasteiger partial charge in [0.1, 0.15) is 0 Å². The molecule has 0 aromatic heterocycles. The number of primary amides is 1. The summed E-state index contributed by atoms with van der Waals surface area (Å²) in [5.74, 6) is -0.190. The van der Waals surface area contributed by atoms with Gasteiger partial charge in [0.05, 0.1) is 5.54 Å². The zero-order valence-electron chi connectivity index (χ0n) is 12.1. The lowest BCUT2D eigenvalue weighted by atomic mass is 9.92. The lowest BCUT2D eigenvalue weighted by molar-refractivity contribution is -0.124. The highest BCUT2D eigenvalue weighted by atomic mass is 16.1. The van der Waals surface area contributed by atoms with E-state index in [2.05, 4.69) is 12.2 Å². The molecule has 106 valence electrons. The van der Waals surface area contributed by atoms with E-state index in [1.54, 1.807) is 0 Å². The molecule has 0 aromatic rings. The van der Waals surface area contributed by atoms with Crippen molar-refractivity contribution < 1.29 is 4.79 Å². The number of hydrogen-bond donors (Lipinski definition) is 2. The normalized spacial score (nSPS) is 19.9. The average Bonchev–Trinajstić information content (AvgIpc) is 2.81. The molecule has 3 N–H and O–H groups in total. The Morgan fingerprint density at radius 3 is 2.39 bits per heavy atom. The van der Waals surface area contributed by atoms with E-state index in [1.807, 2.05) is 6.92 Å². The minimum atomic E-state index is -0.499. The molecule has 0 saturated heterocycles. The van der Waals surface area contributed by atoms with Gasteiger partial charge in [0.15, 0.2) is 0 Å². The Hall–Kier alpha value is -0.570. The Labute approximate surface area is 112 Å². The molecule has 1 saturated carbocycles. The van der Waals surface area contributed by atoms with E-state index >= 15 is 0 Å². The number of nitrogens with one attached hydrogen (secondary N) is 1. The van der Waals surface area contributed by atoms with E-state index in [-0.39, 0.29) is 5.91 Å². The number of nitrogens with two attached hydrogens (primary N) is 1. The van der Waals surface area contributed by atoms with Gasteiger partial charge in [-0.1, -0.05) is 51.9 Å². The van der Waals surface area contributed by atoms with Crippen LogP contribution in [0.4, 0.5) is 0 Å². The average molecular weight is 254 g/mol. The maximum absolute atomic E-state index is 11.7. The quantitative estimate of drug-likeness (QED) is 0.621. The molecule has 3 heteroatoms. The first-order valence-corrected chi connectivity index (χ1v) is 7.66. The van der Waals surface area contributed by atoms with Crippen molar-refractivity contribution in [2.24, 2.45) is 5.73 Å². The Balaban J connectivity index is 2.34. The molecule has 1 atom stereocenters. The summed E-state index contributed by atoms with van der Waals surface area (Å²) in [6.45, 7) is 4.20. The molecule has 0 aliphatic heterocycles. The van der Waals surface area contributed by atoms with Gasteiger partial charge in [-0.3, -0.25) is 4.79 Å². The van der Waals surface area contributed by atoms with Crippen molar-refractivity contribution in [3.8, 4) is 0 Å². The fourth-order valence-electron chi connectivity index (χ4n) is 2.87. The summed E-state index contributed by atoms with van der Waals surface area (Å²) < 4.78 is 0. The van der Waals surface area contributed by atoms with Crippen molar-refractivity contribution >= 4 is 5.91 Å². The summed E-state index contributed by atoms with van der Waals surface area (Å²) in [7, 11) is 0. The van der Waals surface area contributed by atoms with E-state index in [1.165, 1.54) is 51.4 Å². The first-order valence-electron chi connectivity index (χ1n) is 7.66. The van der Waals surface area contributed by atoms with Crippen LogP contribution >= 0.6 is 0 Å².